The normalized spacial score (nSPS) is 27.6. The summed E-state index contributed by atoms with van der Waals surface area (Å²) >= 11 is 0. The Bertz CT molecular complexity index is 576. The summed E-state index contributed by atoms with van der Waals surface area (Å²) in [5.41, 5.74) is 2.21. The third-order valence-corrected chi connectivity index (χ3v) is 4.75. The highest BCUT2D eigenvalue weighted by atomic mass is 16.5. The summed E-state index contributed by atoms with van der Waals surface area (Å²) in [6, 6.07) is 10.5. The molecule has 5 nitrogen and oxygen atoms in total. The van der Waals surface area contributed by atoms with E-state index in [9.17, 15) is 0 Å². The van der Waals surface area contributed by atoms with Crippen LogP contribution in [0.3, 0.4) is 0 Å². The van der Waals surface area contributed by atoms with Crippen molar-refractivity contribution < 1.29 is 4.74 Å². The van der Waals surface area contributed by atoms with Crippen molar-refractivity contribution in [2.75, 3.05) is 25.0 Å². The van der Waals surface area contributed by atoms with Gasteiger partial charge < -0.3 is 10.1 Å². The Balaban J connectivity index is 1.34. The zero-order chi connectivity index (χ0) is 15.5. The Labute approximate surface area is 136 Å². The number of anilines is 1. The van der Waals surface area contributed by atoms with Gasteiger partial charge in [0.05, 0.1) is 29.6 Å². The predicted octanol–water partition coefficient (Wildman–Crippen LogP) is 2.32. The predicted molar refractivity (Wildman–Crippen MR) is 89.1 cm³/mol. The number of nitrogens with zero attached hydrogens (tertiary/aromatic N) is 3. The largest absolute Gasteiger partial charge is 0.379 e. The van der Waals surface area contributed by atoms with Gasteiger partial charge in [0.15, 0.2) is 0 Å². The molecular formula is C18H22N4O. The lowest BCUT2D eigenvalue weighted by atomic mass is 9.97. The highest BCUT2D eigenvalue weighted by molar-refractivity contribution is 5.41. The van der Waals surface area contributed by atoms with Crippen molar-refractivity contribution in [1.82, 2.24) is 14.9 Å². The lowest BCUT2D eigenvalue weighted by Crippen LogP contribution is -2.33. The van der Waals surface area contributed by atoms with Crippen LogP contribution < -0.4 is 5.32 Å². The van der Waals surface area contributed by atoms with Gasteiger partial charge in [-0.25, -0.2) is 0 Å². The van der Waals surface area contributed by atoms with E-state index in [-0.39, 0.29) is 5.60 Å². The Morgan fingerprint density at radius 3 is 3.09 bits per heavy atom. The van der Waals surface area contributed by atoms with Crippen LogP contribution in [0.5, 0.6) is 0 Å². The molecule has 0 bridgehead atoms. The molecular weight excluding hydrogens is 288 g/mol. The summed E-state index contributed by atoms with van der Waals surface area (Å²) in [5.74, 6) is 0. The molecule has 23 heavy (non-hydrogen) atoms. The van der Waals surface area contributed by atoms with Crippen LogP contribution >= 0.6 is 0 Å². The van der Waals surface area contributed by atoms with Crippen LogP contribution in [0.1, 0.15) is 18.5 Å². The first kappa shape index (κ1) is 14.6. The van der Waals surface area contributed by atoms with Crippen molar-refractivity contribution in [2.45, 2.75) is 31.0 Å². The molecule has 2 aromatic rings. The molecule has 0 aromatic carbocycles. The van der Waals surface area contributed by atoms with Crippen LogP contribution in [0, 0.1) is 0 Å². The van der Waals surface area contributed by atoms with Crippen LogP contribution in [0.2, 0.25) is 0 Å². The van der Waals surface area contributed by atoms with Crippen molar-refractivity contribution in [3.63, 3.8) is 0 Å². The quantitative estimate of drug-likeness (QED) is 0.939. The van der Waals surface area contributed by atoms with E-state index in [1.165, 1.54) is 0 Å². The standard InChI is InChI=1S/C18H22N4O/c1-2-8-20-16(4-1)12-22-9-6-18(14-22)10-17(13-23-18)21-15-5-3-7-19-11-15/h1-5,7-8,11,17,21H,6,9-10,12-14H2/t17-,18+/m0/s1. The van der Waals surface area contributed by atoms with E-state index >= 15 is 0 Å². The Kier molecular flexibility index (Phi) is 3.97. The molecule has 0 aliphatic carbocycles. The zero-order valence-electron chi connectivity index (χ0n) is 13.2. The number of hydrogen-bond donors (Lipinski definition) is 1. The number of ether oxygens (including phenoxy) is 1. The molecule has 2 aliphatic heterocycles. The fourth-order valence-electron chi connectivity index (χ4n) is 3.69. The van der Waals surface area contributed by atoms with E-state index < -0.39 is 0 Å². The third kappa shape index (κ3) is 3.35. The SMILES string of the molecule is c1ccc(CN2CC[C@@]3(C[C@H](Nc4cccnc4)CO3)C2)nc1. The summed E-state index contributed by atoms with van der Waals surface area (Å²) in [6.45, 7) is 3.75. The lowest BCUT2D eigenvalue weighted by molar-refractivity contribution is 0.0119. The maximum atomic E-state index is 6.21. The molecule has 4 rings (SSSR count). The molecule has 1 spiro atoms. The van der Waals surface area contributed by atoms with Crippen LogP contribution in [0.15, 0.2) is 48.9 Å². The topological polar surface area (TPSA) is 50.3 Å². The highest BCUT2D eigenvalue weighted by Gasteiger charge is 2.45. The van der Waals surface area contributed by atoms with Crippen LogP contribution in [0.4, 0.5) is 5.69 Å². The average molecular weight is 310 g/mol. The van der Waals surface area contributed by atoms with E-state index in [1.54, 1.807) is 6.20 Å². The minimum absolute atomic E-state index is 0.00859. The van der Waals surface area contributed by atoms with Gasteiger partial charge in [0.25, 0.3) is 0 Å². The molecule has 2 aliphatic rings. The molecule has 2 saturated heterocycles. The average Bonchev–Trinajstić information content (AvgIpc) is 3.16. The van der Waals surface area contributed by atoms with Crippen molar-refractivity contribution >= 4 is 5.69 Å². The van der Waals surface area contributed by atoms with E-state index in [1.807, 2.05) is 30.6 Å². The van der Waals surface area contributed by atoms with Gasteiger partial charge in [-0.15, -0.1) is 0 Å². The Hall–Kier alpha value is -1.98. The van der Waals surface area contributed by atoms with Gasteiger partial charge in [0.1, 0.15) is 0 Å². The zero-order valence-corrected chi connectivity index (χ0v) is 13.2. The van der Waals surface area contributed by atoms with Gasteiger partial charge in [-0.3, -0.25) is 14.9 Å². The first-order valence-corrected chi connectivity index (χ1v) is 8.24. The minimum Gasteiger partial charge on any atom is -0.379 e. The van der Waals surface area contributed by atoms with Crippen molar-refractivity contribution in [3.8, 4) is 0 Å². The number of likely N-dealkylation sites (tertiary alicyclic amines) is 1. The molecule has 5 heteroatoms. The van der Waals surface area contributed by atoms with Crippen molar-refractivity contribution in [1.29, 1.82) is 0 Å². The molecule has 0 saturated carbocycles. The monoisotopic (exact) mass is 310 g/mol. The molecule has 2 fully saturated rings. The Morgan fingerprint density at radius 1 is 1.26 bits per heavy atom. The van der Waals surface area contributed by atoms with E-state index in [2.05, 4.69) is 32.3 Å². The summed E-state index contributed by atoms with van der Waals surface area (Å²) in [4.78, 5) is 11.0. The van der Waals surface area contributed by atoms with Gasteiger partial charge in [-0.1, -0.05) is 6.07 Å². The van der Waals surface area contributed by atoms with Crippen LogP contribution in [0.25, 0.3) is 0 Å². The van der Waals surface area contributed by atoms with Gasteiger partial charge in [0, 0.05) is 44.6 Å². The molecule has 4 heterocycles. The summed E-state index contributed by atoms with van der Waals surface area (Å²) in [6.07, 6.45) is 7.68. The molecule has 2 aromatic heterocycles. The van der Waals surface area contributed by atoms with E-state index in [0.717, 1.165) is 50.5 Å². The van der Waals surface area contributed by atoms with Crippen molar-refractivity contribution in [3.05, 3.63) is 54.6 Å². The fraction of sp³-hybridized carbons (Fsp3) is 0.444. The Morgan fingerprint density at radius 2 is 2.26 bits per heavy atom. The van der Waals surface area contributed by atoms with Gasteiger partial charge >= 0.3 is 0 Å². The molecule has 0 unspecified atom stereocenters. The molecule has 0 amide bonds. The molecule has 1 N–H and O–H groups in total. The molecule has 0 radical (unpaired) electrons. The third-order valence-electron chi connectivity index (χ3n) is 4.75. The number of pyridine rings is 2. The second kappa shape index (κ2) is 6.26. The van der Waals surface area contributed by atoms with Gasteiger partial charge in [-0.2, -0.15) is 0 Å². The summed E-state index contributed by atoms with van der Waals surface area (Å²) in [7, 11) is 0. The van der Waals surface area contributed by atoms with Crippen LogP contribution in [-0.4, -0.2) is 46.2 Å². The van der Waals surface area contributed by atoms with Crippen LogP contribution in [-0.2, 0) is 11.3 Å². The van der Waals surface area contributed by atoms with Gasteiger partial charge in [0.2, 0.25) is 0 Å². The maximum Gasteiger partial charge on any atom is 0.0842 e. The smallest absolute Gasteiger partial charge is 0.0842 e. The maximum absolute atomic E-state index is 6.21. The number of aromatic nitrogens is 2. The van der Waals surface area contributed by atoms with Gasteiger partial charge in [-0.05, 0) is 30.7 Å². The second-order valence-corrected chi connectivity index (χ2v) is 6.56. The molecule has 2 atom stereocenters. The number of hydrogen-bond acceptors (Lipinski definition) is 5. The first-order chi connectivity index (χ1) is 11.3. The minimum atomic E-state index is 0.00859. The highest BCUT2D eigenvalue weighted by Crippen LogP contribution is 2.36. The fourth-order valence-corrected chi connectivity index (χ4v) is 3.69. The van der Waals surface area contributed by atoms with E-state index in [0.29, 0.717) is 6.04 Å². The molecule has 120 valence electrons. The summed E-state index contributed by atoms with van der Waals surface area (Å²) < 4.78 is 6.21. The summed E-state index contributed by atoms with van der Waals surface area (Å²) in [5, 5.41) is 3.54. The first-order valence-electron chi connectivity index (χ1n) is 8.24. The van der Waals surface area contributed by atoms with Crippen molar-refractivity contribution in [2.24, 2.45) is 0 Å². The van der Waals surface area contributed by atoms with E-state index in [4.69, 9.17) is 4.74 Å². The second-order valence-electron chi connectivity index (χ2n) is 6.56. The number of rotatable bonds is 4. The lowest BCUT2D eigenvalue weighted by Gasteiger charge is -2.23. The number of nitrogens with one attached hydrogen (secondary N) is 1.